The Morgan fingerprint density at radius 1 is 1.23 bits per heavy atom. The zero-order chi connectivity index (χ0) is 15.5. The number of hydrogen-bond donors (Lipinski definition) is 1. The Balaban J connectivity index is 1.91. The number of nitrogens with one attached hydrogen (secondary N) is 1. The molecule has 0 bridgehead atoms. The van der Waals surface area contributed by atoms with Crippen molar-refractivity contribution in [3.8, 4) is 5.88 Å². The second kappa shape index (κ2) is 6.82. The first-order valence-corrected chi connectivity index (χ1v) is 7.99. The van der Waals surface area contributed by atoms with Gasteiger partial charge in [0.25, 0.3) is 0 Å². The van der Waals surface area contributed by atoms with Gasteiger partial charge in [-0.2, -0.15) is 0 Å². The molecule has 1 aliphatic rings. The minimum absolute atomic E-state index is 0.131. The monoisotopic (exact) mass is 337 g/mol. The largest absolute Gasteiger partial charge is 0.469 e. The molecule has 0 amide bonds. The van der Waals surface area contributed by atoms with Crippen LogP contribution in [0.2, 0.25) is 10.0 Å². The van der Waals surface area contributed by atoms with E-state index in [1.807, 2.05) is 19.1 Å². The van der Waals surface area contributed by atoms with Gasteiger partial charge in [0.05, 0.1) is 10.0 Å². The average molecular weight is 338 g/mol. The normalized spacial score (nSPS) is 19.1. The van der Waals surface area contributed by atoms with Gasteiger partial charge in [0.15, 0.2) is 0 Å². The van der Waals surface area contributed by atoms with Crippen LogP contribution in [0.5, 0.6) is 5.88 Å². The van der Waals surface area contributed by atoms with E-state index in [1.165, 1.54) is 0 Å². The highest BCUT2D eigenvalue weighted by atomic mass is 35.5. The molecule has 1 unspecified atom stereocenters. The third-order valence-electron chi connectivity index (χ3n) is 3.82. The van der Waals surface area contributed by atoms with Gasteiger partial charge in [0, 0.05) is 42.2 Å². The van der Waals surface area contributed by atoms with Crippen LogP contribution in [-0.2, 0) is 0 Å². The number of aromatic nitrogens is 2. The lowest BCUT2D eigenvalue weighted by Crippen LogP contribution is -2.22. The zero-order valence-corrected chi connectivity index (χ0v) is 13.7. The molecule has 0 spiro atoms. The second-order valence-electron chi connectivity index (χ2n) is 5.50. The zero-order valence-electron chi connectivity index (χ0n) is 12.2. The van der Waals surface area contributed by atoms with Gasteiger partial charge in [-0.3, -0.25) is 4.98 Å². The van der Waals surface area contributed by atoms with Crippen LogP contribution in [0.4, 0.5) is 0 Å². The Bertz CT molecular complexity index is 660. The first-order chi connectivity index (χ1) is 10.6. The Labute approximate surface area is 139 Å². The summed E-state index contributed by atoms with van der Waals surface area (Å²) in [5, 5.41) is 4.59. The molecule has 1 fully saturated rings. The van der Waals surface area contributed by atoms with Gasteiger partial charge in [0.1, 0.15) is 6.10 Å². The molecule has 2 aromatic heterocycles. The van der Waals surface area contributed by atoms with Crippen molar-refractivity contribution >= 4 is 23.2 Å². The fraction of sp³-hybridized carbons (Fsp3) is 0.375. The first-order valence-electron chi connectivity index (χ1n) is 7.23. The fourth-order valence-electron chi connectivity index (χ4n) is 2.73. The van der Waals surface area contributed by atoms with Crippen molar-refractivity contribution in [1.29, 1.82) is 0 Å². The van der Waals surface area contributed by atoms with Crippen molar-refractivity contribution in [2.45, 2.75) is 19.4 Å². The van der Waals surface area contributed by atoms with Crippen LogP contribution in [0.15, 0.2) is 30.7 Å². The number of rotatable bonds is 4. The van der Waals surface area contributed by atoms with E-state index in [0.717, 1.165) is 30.6 Å². The maximum Gasteiger partial charge on any atom is 0.216 e. The third-order valence-corrected chi connectivity index (χ3v) is 4.23. The molecule has 2 atom stereocenters. The number of pyridine rings is 2. The van der Waals surface area contributed by atoms with Crippen LogP contribution in [0.3, 0.4) is 0 Å². The van der Waals surface area contributed by atoms with E-state index in [9.17, 15) is 0 Å². The maximum absolute atomic E-state index is 6.22. The summed E-state index contributed by atoms with van der Waals surface area (Å²) in [6.45, 7) is 3.84. The number of nitrogens with zero attached hydrogens (tertiary/aromatic N) is 2. The third kappa shape index (κ3) is 3.51. The number of hydrogen-bond acceptors (Lipinski definition) is 4. The molecule has 22 heavy (non-hydrogen) atoms. The van der Waals surface area contributed by atoms with Crippen molar-refractivity contribution in [1.82, 2.24) is 15.3 Å². The summed E-state index contributed by atoms with van der Waals surface area (Å²) >= 11 is 12.0. The quantitative estimate of drug-likeness (QED) is 0.921. The summed E-state index contributed by atoms with van der Waals surface area (Å²) in [7, 11) is 0. The van der Waals surface area contributed by atoms with Gasteiger partial charge in [0.2, 0.25) is 5.88 Å². The molecule has 6 heteroatoms. The van der Waals surface area contributed by atoms with Gasteiger partial charge in [-0.25, -0.2) is 4.98 Å². The van der Waals surface area contributed by atoms with E-state index < -0.39 is 0 Å². The summed E-state index contributed by atoms with van der Waals surface area (Å²) in [6.07, 6.45) is 5.95. The highest BCUT2D eigenvalue weighted by molar-refractivity contribution is 6.30. The molecular weight excluding hydrogens is 321 g/mol. The molecule has 3 heterocycles. The van der Waals surface area contributed by atoms with Gasteiger partial charge in [-0.1, -0.05) is 23.2 Å². The summed E-state index contributed by atoms with van der Waals surface area (Å²) < 4.78 is 6.22. The number of ether oxygens (including phenoxy) is 1. The van der Waals surface area contributed by atoms with Gasteiger partial charge >= 0.3 is 0 Å². The Morgan fingerprint density at radius 3 is 2.73 bits per heavy atom. The lowest BCUT2D eigenvalue weighted by molar-refractivity contribution is 0.136. The van der Waals surface area contributed by atoms with Crippen molar-refractivity contribution in [2.24, 2.45) is 5.92 Å². The van der Waals surface area contributed by atoms with Gasteiger partial charge in [-0.15, -0.1) is 0 Å². The number of aryl methyl sites for hydroxylation is 1. The summed E-state index contributed by atoms with van der Waals surface area (Å²) in [6, 6.07) is 3.76. The molecular formula is C16H17Cl2N3O. The molecule has 3 rings (SSSR count). The number of halogens is 2. The molecule has 1 aliphatic heterocycles. The van der Waals surface area contributed by atoms with Crippen molar-refractivity contribution < 1.29 is 4.74 Å². The van der Waals surface area contributed by atoms with Crippen LogP contribution in [0.25, 0.3) is 0 Å². The van der Waals surface area contributed by atoms with E-state index in [4.69, 9.17) is 27.9 Å². The molecule has 1 N–H and O–H groups in total. The van der Waals surface area contributed by atoms with Crippen LogP contribution < -0.4 is 10.1 Å². The summed E-state index contributed by atoms with van der Waals surface area (Å²) in [5.41, 5.74) is 1.88. The van der Waals surface area contributed by atoms with Gasteiger partial charge in [-0.05, 0) is 32.0 Å². The Kier molecular flexibility index (Phi) is 4.81. The average Bonchev–Trinajstić information content (AvgIpc) is 3.00. The molecule has 0 saturated carbocycles. The lowest BCUT2D eigenvalue weighted by atomic mass is 9.96. The minimum Gasteiger partial charge on any atom is -0.469 e. The summed E-state index contributed by atoms with van der Waals surface area (Å²) in [5.74, 6) is 0.957. The SMILES string of the molecule is Cc1cc(Cl)cnc1O[C@H](c1cncc(Cl)c1)C1CCNC1. The first kappa shape index (κ1) is 15.5. The van der Waals surface area contributed by atoms with E-state index in [-0.39, 0.29) is 6.10 Å². The van der Waals surface area contributed by atoms with Crippen LogP contribution in [-0.4, -0.2) is 23.1 Å². The Morgan fingerprint density at radius 2 is 2.05 bits per heavy atom. The second-order valence-corrected chi connectivity index (χ2v) is 6.38. The molecule has 0 aromatic carbocycles. The predicted octanol–water partition coefficient (Wildman–Crippen LogP) is 3.82. The van der Waals surface area contributed by atoms with Crippen molar-refractivity contribution in [3.05, 3.63) is 51.9 Å². The lowest BCUT2D eigenvalue weighted by Gasteiger charge is -2.24. The highest BCUT2D eigenvalue weighted by Crippen LogP contribution is 2.33. The molecule has 0 radical (unpaired) electrons. The molecule has 2 aromatic rings. The summed E-state index contributed by atoms with van der Waals surface area (Å²) in [4.78, 5) is 8.49. The molecule has 0 aliphatic carbocycles. The maximum atomic E-state index is 6.22. The molecule has 116 valence electrons. The van der Waals surface area contributed by atoms with E-state index in [1.54, 1.807) is 18.6 Å². The predicted molar refractivity (Wildman–Crippen MR) is 87.6 cm³/mol. The highest BCUT2D eigenvalue weighted by Gasteiger charge is 2.29. The smallest absolute Gasteiger partial charge is 0.216 e. The van der Waals surface area contributed by atoms with E-state index in [0.29, 0.717) is 21.8 Å². The standard InChI is InChI=1S/C16H17Cl2N3O/c1-10-4-13(17)9-21-16(10)22-15(11-2-3-19-6-11)12-5-14(18)8-20-7-12/h4-5,7-9,11,15,19H,2-3,6H2,1H3/t11?,15-/m0/s1. The van der Waals surface area contributed by atoms with Crippen LogP contribution >= 0.6 is 23.2 Å². The van der Waals surface area contributed by atoms with E-state index in [2.05, 4.69) is 15.3 Å². The molecule has 4 nitrogen and oxygen atoms in total. The minimum atomic E-state index is -0.131. The van der Waals surface area contributed by atoms with Gasteiger partial charge < -0.3 is 10.1 Å². The van der Waals surface area contributed by atoms with Crippen LogP contribution in [0, 0.1) is 12.8 Å². The molecule has 1 saturated heterocycles. The Hall–Kier alpha value is -1.36. The fourth-order valence-corrected chi connectivity index (χ4v) is 3.12. The van der Waals surface area contributed by atoms with Crippen LogP contribution in [0.1, 0.15) is 23.7 Å². The van der Waals surface area contributed by atoms with Crippen molar-refractivity contribution in [3.63, 3.8) is 0 Å². The van der Waals surface area contributed by atoms with Crippen molar-refractivity contribution in [2.75, 3.05) is 13.1 Å². The van der Waals surface area contributed by atoms with E-state index >= 15 is 0 Å². The topological polar surface area (TPSA) is 47.0 Å².